The highest BCUT2D eigenvalue weighted by atomic mass is 79.9. The topological polar surface area (TPSA) is 191 Å². The van der Waals surface area contributed by atoms with Crippen molar-refractivity contribution < 1.29 is 38.0 Å². The quantitative estimate of drug-likeness (QED) is 0.116. The van der Waals surface area contributed by atoms with E-state index in [9.17, 15) is 9.59 Å². The minimum atomic E-state index is -0.543. The largest absolute Gasteiger partial charge is 0.496 e. The van der Waals surface area contributed by atoms with Gasteiger partial charge in [-0.3, -0.25) is 14.6 Å². The van der Waals surface area contributed by atoms with Gasteiger partial charge in [0.1, 0.15) is 16.1 Å². The number of nitrogens with one attached hydrogen (secondary N) is 2. The van der Waals surface area contributed by atoms with Crippen LogP contribution < -0.4 is 44.8 Å². The lowest BCUT2D eigenvalue weighted by Gasteiger charge is -2.16. The summed E-state index contributed by atoms with van der Waals surface area (Å²) in [5.41, 5.74) is 8.85. The molecule has 2 saturated carbocycles. The van der Waals surface area contributed by atoms with Crippen molar-refractivity contribution in [3.8, 4) is 34.5 Å². The van der Waals surface area contributed by atoms with Crippen LogP contribution in [0.25, 0.3) is 0 Å². The first-order valence-corrected chi connectivity index (χ1v) is 20.2. The number of methoxy groups -OCH3 is 2. The normalized spacial score (nSPS) is 15.1. The molecule has 15 nitrogen and oxygen atoms in total. The third-order valence-electron chi connectivity index (χ3n) is 10.7. The lowest BCUT2D eigenvalue weighted by Crippen LogP contribution is -2.28. The number of aromatic nitrogens is 4. The molecule has 0 unspecified atom stereocenters. The number of benzene rings is 4. The van der Waals surface area contributed by atoms with Crippen molar-refractivity contribution in [2.75, 3.05) is 44.2 Å². The standard InChI is InChI=1S/C23H21N3O4.C15H12BrN3O3.C7H9NO/c1-28-18-5-3-2-4-15(18)10-17-12-25-21(13-24-17)26-22(27)23(8-9-23)16-6-7-19-20(11-16)30-14-29-19;16-12-6-18-13(7-17-12)19-14(20)15(3-4-15)9-1-2-10-11(5-9)22-8-21-10;1-9-7-5-3-2-4-6(7)8/h2-7,11-13H,8-10,14H2,1H3,(H,25,26,27);1-2,5-7H,3-4,8H2,(H,18,19,20);2-5H,8H2,1H3. The van der Waals surface area contributed by atoms with Crippen molar-refractivity contribution in [3.63, 3.8) is 0 Å². The number of amides is 2. The predicted molar refractivity (Wildman–Crippen MR) is 229 cm³/mol. The lowest BCUT2D eigenvalue weighted by atomic mass is 9.94. The molecule has 0 radical (unpaired) electrons. The number of carbonyl (C=O) groups is 2. The number of hydrogen-bond donors (Lipinski definition) is 3. The number of nitrogen functional groups attached to an aromatic ring is 1. The average Bonchev–Trinajstić information content (AvgIpc) is 4.18. The number of anilines is 3. The Morgan fingerprint density at radius 1 is 0.639 bits per heavy atom. The minimum absolute atomic E-state index is 0.0667. The Hall–Kier alpha value is -6.94. The van der Waals surface area contributed by atoms with Gasteiger partial charge >= 0.3 is 0 Å². The minimum Gasteiger partial charge on any atom is -0.496 e. The third-order valence-corrected chi connectivity index (χ3v) is 11.1. The fourth-order valence-electron chi connectivity index (χ4n) is 7.00. The smallest absolute Gasteiger partial charge is 0.236 e. The molecular formula is C45H42BrN7O8. The second-order valence-electron chi connectivity index (χ2n) is 14.6. The van der Waals surface area contributed by atoms with Gasteiger partial charge in [-0.2, -0.15) is 0 Å². The second kappa shape index (κ2) is 17.7. The summed E-state index contributed by atoms with van der Waals surface area (Å²) in [6.45, 7) is 0.446. The number of fused-ring (bicyclic) bond motifs is 2. The molecule has 4 N–H and O–H groups in total. The van der Waals surface area contributed by atoms with Crippen LogP contribution in [0.15, 0.2) is 114 Å². The molecule has 0 saturated heterocycles. The van der Waals surface area contributed by atoms with E-state index in [1.165, 1.54) is 6.20 Å². The summed E-state index contributed by atoms with van der Waals surface area (Å²) in [5.74, 6) is 5.11. The molecular weight excluding hydrogens is 846 g/mol. The van der Waals surface area contributed by atoms with Gasteiger partial charge in [0.05, 0.1) is 61.2 Å². The van der Waals surface area contributed by atoms with Crippen LogP contribution in [-0.2, 0) is 26.8 Å². The molecule has 2 fully saturated rings. The number of halogens is 1. The Kier molecular flexibility index (Phi) is 11.9. The summed E-state index contributed by atoms with van der Waals surface area (Å²) in [6, 6.07) is 26.6. The molecule has 0 atom stereocenters. The van der Waals surface area contributed by atoms with E-state index in [0.717, 1.165) is 65.3 Å². The monoisotopic (exact) mass is 887 g/mol. The molecule has 61 heavy (non-hydrogen) atoms. The van der Waals surface area contributed by atoms with Gasteiger partial charge in [-0.05, 0) is 95.2 Å². The van der Waals surface area contributed by atoms with Gasteiger partial charge in [-0.25, -0.2) is 15.0 Å². The maximum absolute atomic E-state index is 13.0. The molecule has 16 heteroatoms. The molecule has 2 aliphatic carbocycles. The van der Waals surface area contributed by atoms with Crippen molar-refractivity contribution in [2.24, 2.45) is 0 Å². The highest BCUT2D eigenvalue weighted by Gasteiger charge is 2.52. The molecule has 2 amide bonds. The zero-order valence-corrected chi connectivity index (χ0v) is 34.9. The van der Waals surface area contributed by atoms with Gasteiger partial charge in [0.15, 0.2) is 34.6 Å². The Morgan fingerprint density at radius 3 is 1.62 bits per heavy atom. The summed E-state index contributed by atoms with van der Waals surface area (Å²) < 4.78 is 32.4. The van der Waals surface area contributed by atoms with Crippen LogP contribution in [0.5, 0.6) is 34.5 Å². The fourth-order valence-corrected chi connectivity index (χ4v) is 7.21. The Labute approximate surface area is 360 Å². The van der Waals surface area contributed by atoms with E-state index in [1.54, 1.807) is 38.9 Å². The number of ether oxygens (including phenoxy) is 6. The molecule has 0 spiro atoms. The van der Waals surface area contributed by atoms with E-state index in [4.69, 9.17) is 34.2 Å². The first kappa shape index (κ1) is 40.8. The van der Waals surface area contributed by atoms with Gasteiger partial charge < -0.3 is 44.8 Å². The van der Waals surface area contributed by atoms with Crippen LogP contribution in [0.3, 0.4) is 0 Å². The van der Waals surface area contributed by atoms with Crippen LogP contribution in [0, 0.1) is 0 Å². The number of para-hydroxylation sites is 3. The highest BCUT2D eigenvalue weighted by Crippen LogP contribution is 2.52. The van der Waals surface area contributed by atoms with Crippen molar-refractivity contribution in [1.29, 1.82) is 0 Å². The van der Waals surface area contributed by atoms with Gasteiger partial charge in [-0.1, -0.05) is 42.5 Å². The molecule has 4 aromatic carbocycles. The van der Waals surface area contributed by atoms with Crippen LogP contribution in [0.2, 0.25) is 0 Å². The van der Waals surface area contributed by atoms with E-state index < -0.39 is 10.8 Å². The van der Waals surface area contributed by atoms with Gasteiger partial charge in [0, 0.05) is 12.0 Å². The summed E-state index contributed by atoms with van der Waals surface area (Å²) in [6.07, 6.45) is 10.2. The average molecular weight is 889 g/mol. The number of hydrogen-bond acceptors (Lipinski definition) is 13. The van der Waals surface area contributed by atoms with Crippen LogP contribution in [0.1, 0.15) is 48.1 Å². The summed E-state index contributed by atoms with van der Waals surface area (Å²) in [5, 5.41) is 5.75. The SMILES string of the molecule is COc1ccccc1Cc1cnc(NC(=O)C2(c3ccc4c(c3)OCO4)CC2)cn1.COc1ccccc1N.O=C(Nc1cnc(Br)cn1)C1(c2ccc3c(c2)OCO3)CC1. The molecule has 4 heterocycles. The van der Waals surface area contributed by atoms with Gasteiger partial charge in [-0.15, -0.1) is 0 Å². The van der Waals surface area contributed by atoms with Crippen molar-refractivity contribution >= 4 is 45.1 Å². The van der Waals surface area contributed by atoms with Crippen LogP contribution >= 0.6 is 15.9 Å². The maximum atomic E-state index is 13.0. The Balaban J connectivity index is 0.000000144. The molecule has 2 aliphatic heterocycles. The molecule has 312 valence electrons. The van der Waals surface area contributed by atoms with Gasteiger partial charge in [0.2, 0.25) is 25.4 Å². The number of nitrogens with zero attached hydrogens (tertiary/aromatic N) is 4. The first-order chi connectivity index (χ1) is 29.7. The van der Waals surface area contributed by atoms with Crippen molar-refractivity contribution in [3.05, 3.63) is 137 Å². The second-order valence-corrected chi connectivity index (χ2v) is 15.4. The molecule has 2 aromatic heterocycles. The molecule has 4 aliphatic rings. The van der Waals surface area contributed by atoms with Crippen molar-refractivity contribution in [1.82, 2.24) is 19.9 Å². The van der Waals surface area contributed by atoms with E-state index >= 15 is 0 Å². The van der Waals surface area contributed by atoms with E-state index in [0.29, 0.717) is 45.6 Å². The number of carbonyl (C=O) groups excluding carboxylic acids is 2. The lowest BCUT2D eigenvalue weighted by molar-refractivity contribution is -0.119. The maximum Gasteiger partial charge on any atom is 0.236 e. The predicted octanol–water partition coefficient (Wildman–Crippen LogP) is 7.39. The third kappa shape index (κ3) is 9.13. The summed E-state index contributed by atoms with van der Waals surface area (Å²) in [7, 11) is 3.25. The number of rotatable bonds is 10. The summed E-state index contributed by atoms with van der Waals surface area (Å²) in [4.78, 5) is 42.6. The summed E-state index contributed by atoms with van der Waals surface area (Å²) >= 11 is 3.22. The van der Waals surface area contributed by atoms with Crippen LogP contribution in [0.4, 0.5) is 17.3 Å². The van der Waals surface area contributed by atoms with Gasteiger partial charge in [0.25, 0.3) is 0 Å². The van der Waals surface area contributed by atoms with E-state index in [1.807, 2.05) is 78.9 Å². The zero-order chi connectivity index (χ0) is 42.4. The van der Waals surface area contributed by atoms with Crippen LogP contribution in [-0.4, -0.2) is 59.6 Å². The van der Waals surface area contributed by atoms with Crippen molar-refractivity contribution in [2.45, 2.75) is 42.9 Å². The Bertz CT molecular complexity index is 2530. The molecule has 6 aromatic rings. The Morgan fingerprint density at radius 2 is 1.15 bits per heavy atom. The molecule has 10 rings (SSSR count). The first-order valence-electron chi connectivity index (χ1n) is 19.4. The number of nitrogens with two attached hydrogens (primary N) is 1. The highest BCUT2D eigenvalue weighted by molar-refractivity contribution is 9.10. The van der Waals surface area contributed by atoms with E-state index in [2.05, 4.69) is 46.5 Å². The fraction of sp³-hybridized carbons (Fsp3) is 0.244. The zero-order valence-electron chi connectivity index (χ0n) is 33.4. The van der Waals surface area contributed by atoms with E-state index in [-0.39, 0.29) is 25.4 Å². The molecule has 0 bridgehead atoms.